The van der Waals surface area contributed by atoms with Crippen LogP contribution in [-0.4, -0.2) is 5.91 Å². The SMILES string of the molecule is CCC1C(F)=CC=C(C(N)=O)C1C. The van der Waals surface area contributed by atoms with E-state index in [2.05, 4.69) is 0 Å². The van der Waals surface area contributed by atoms with Crippen LogP contribution in [0.15, 0.2) is 23.6 Å². The maximum absolute atomic E-state index is 13.2. The summed E-state index contributed by atoms with van der Waals surface area (Å²) in [5, 5.41) is 0. The second kappa shape index (κ2) is 3.73. The molecule has 0 aromatic carbocycles. The number of nitrogens with two attached hydrogens (primary N) is 1. The molecule has 1 aliphatic rings. The van der Waals surface area contributed by atoms with Crippen molar-refractivity contribution < 1.29 is 9.18 Å². The lowest BCUT2D eigenvalue weighted by atomic mass is 9.81. The lowest BCUT2D eigenvalue weighted by Crippen LogP contribution is -2.26. The number of hydrogen-bond acceptors (Lipinski definition) is 1. The fourth-order valence-corrected chi connectivity index (χ4v) is 1.76. The normalized spacial score (nSPS) is 27.9. The van der Waals surface area contributed by atoms with Crippen molar-refractivity contribution in [2.75, 3.05) is 0 Å². The molecule has 0 aromatic heterocycles. The average molecular weight is 183 g/mol. The first-order valence-corrected chi connectivity index (χ1v) is 4.45. The Bertz CT molecular complexity index is 281. The third kappa shape index (κ3) is 1.79. The maximum Gasteiger partial charge on any atom is 0.244 e. The Morgan fingerprint density at radius 1 is 1.62 bits per heavy atom. The van der Waals surface area contributed by atoms with Crippen LogP contribution in [0.4, 0.5) is 4.39 Å². The molecule has 1 rings (SSSR count). The molecule has 2 nitrogen and oxygen atoms in total. The molecule has 3 heteroatoms. The number of allylic oxidation sites excluding steroid dienone is 3. The van der Waals surface area contributed by atoms with Gasteiger partial charge in [-0.25, -0.2) is 4.39 Å². The fraction of sp³-hybridized carbons (Fsp3) is 0.500. The number of amides is 1. The van der Waals surface area contributed by atoms with Crippen LogP contribution in [0.2, 0.25) is 0 Å². The predicted molar refractivity (Wildman–Crippen MR) is 49.4 cm³/mol. The van der Waals surface area contributed by atoms with E-state index in [4.69, 9.17) is 5.73 Å². The Morgan fingerprint density at radius 3 is 2.69 bits per heavy atom. The van der Waals surface area contributed by atoms with E-state index >= 15 is 0 Å². The predicted octanol–water partition coefficient (Wildman–Crippen LogP) is 1.93. The van der Waals surface area contributed by atoms with Gasteiger partial charge in [-0.1, -0.05) is 19.9 Å². The first-order valence-electron chi connectivity index (χ1n) is 4.45. The topological polar surface area (TPSA) is 43.1 Å². The third-order valence-corrected chi connectivity index (χ3v) is 2.59. The third-order valence-electron chi connectivity index (χ3n) is 2.59. The van der Waals surface area contributed by atoms with Gasteiger partial charge in [-0.3, -0.25) is 4.79 Å². The van der Waals surface area contributed by atoms with Crippen molar-refractivity contribution in [2.24, 2.45) is 17.6 Å². The Labute approximate surface area is 77.3 Å². The van der Waals surface area contributed by atoms with Gasteiger partial charge in [0.05, 0.1) is 0 Å². The Hall–Kier alpha value is -1.12. The van der Waals surface area contributed by atoms with Crippen molar-refractivity contribution in [1.82, 2.24) is 0 Å². The van der Waals surface area contributed by atoms with Gasteiger partial charge in [0.1, 0.15) is 5.83 Å². The number of halogens is 1. The van der Waals surface area contributed by atoms with Crippen LogP contribution in [0.1, 0.15) is 20.3 Å². The largest absolute Gasteiger partial charge is 0.366 e. The number of hydrogen-bond donors (Lipinski definition) is 1. The van der Waals surface area contributed by atoms with E-state index in [0.29, 0.717) is 12.0 Å². The summed E-state index contributed by atoms with van der Waals surface area (Å²) in [7, 11) is 0. The van der Waals surface area contributed by atoms with Gasteiger partial charge in [0.2, 0.25) is 5.91 Å². The van der Waals surface area contributed by atoms with Crippen molar-refractivity contribution in [2.45, 2.75) is 20.3 Å². The van der Waals surface area contributed by atoms with Gasteiger partial charge < -0.3 is 5.73 Å². The van der Waals surface area contributed by atoms with Crippen LogP contribution in [0.25, 0.3) is 0 Å². The van der Waals surface area contributed by atoms with E-state index in [1.165, 1.54) is 12.2 Å². The molecular weight excluding hydrogens is 169 g/mol. The molecule has 0 aromatic rings. The van der Waals surface area contributed by atoms with Crippen LogP contribution in [0.5, 0.6) is 0 Å². The van der Waals surface area contributed by atoms with E-state index in [1.54, 1.807) is 0 Å². The molecule has 0 aliphatic heterocycles. The number of rotatable bonds is 2. The van der Waals surface area contributed by atoms with Gasteiger partial charge in [-0.15, -0.1) is 0 Å². The first-order chi connectivity index (χ1) is 6.07. The summed E-state index contributed by atoms with van der Waals surface area (Å²) in [6, 6.07) is 0. The molecule has 1 aliphatic carbocycles. The van der Waals surface area contributed by atoms with Crippen LogP contribution in [0.3, 0.4) is 0 Å². The van der Waals surface area contributed by atoms with Crippen LogP contribution >= 0.6 is 0 Å². The molecular formula is C10H14FNO. The second-order valence-corrected chi connectivity index (χ2v) is 3.34. The molecule has 2 N–H and O–H groups in total. The van der Waals surface area contributed by atoms with Gasteiger partial charge in [-0.05, 0) is 18.4 Å². The standard InChI is InChI=1S/C10H14FNO/c1-3-7-6(2)8(10(12)13)4-5-9(7)11/h4-7H,3H2,1-2H3,(H2,12,13). The van der Waals surface area contributed by atoms with Crippen LogP contribution in [0, 0.1) is 11.8 Å². The van der Waals surface area contributed by atoms with Crippen molar-refractivity contribution in [3.8, 4) is 0 Å². The zero-order valence-corrected chi connectivity index (χ0v) is 7.88. The van der Waals surface area contributed by atoms with E-state index in [0.717, 1.165) is 0 Å². The Morgan fingerprint density at radius 2 is 2.23 bits per heavy atom. The summed E-state index contributed by atoms with van der Waals surface area (Å²) in [5.74, 6) is -0.894. The minimum absolute atomic E-state index is 0.104. The fourth-order valence-electron chi connectivity index (χ4n) is 1.76. The summed E-state index contributed by atoms with van der Waals surface area (Å²) < 4.78 is 13.2. The number of carbonyl (C=O) groups excluding carboxylic acids is 1. The molecule has 13 heavy (non-hydrogen) atoms. The summed E-state index contributed by atoms with van der Waals surface area (Å²) >= 11 is 0. The minimum atomic E-state index is -0.449. The highest BCUT2D eigenvalue weighted by molar-refractivity contribution is 5.93. The van der Waals surface area contributed by atoms with E-state index in [1.807, 2.05) is 13.8 Å². The van der Waals surface area contributed by atoms with Crippen molar-refractivity contribution in [1.29, 1.82) is 0 Å². The Kier molecular flexibility index (Phi) is 2.86. The highest BCUT2D eigenvalue weighted by atomic mass is 19.1. The van der Waals surface area contributed by atoms with Crippen molar-refractivity contribution in [3.63, 3.8) is 0 Å². The molecule has 0 saturated heterocycles. The van der Waals surface area contributed by atoms with Gasteiger partial charge >= 0.3 is 0 Å². The molecule has 0 radical (unpaired) electrons. The zero-order chi connectivity index (χ0) is 10.0. The summed E-state index contributed by atoms with van der Waals surface area (Å²) in [6.07, 6.45) is 3.51. The monoisotopic (exact) mass is 183 g/mol. The molecule has 0 bridgehead atoms. The van der Waals surface area contributed by atoms with Gasteiger partial charge in [0.25, 0.3) is 0 Å². The average Bonchev–Trinajstić information content (AvgIpc) is 2.04. The van der Waals surface area contributed by atoms with Gasteiger partial charge in [0.15, 0.2) is 0 Å². The molecule has 72 valence electrons. The molecule has 2 unspecified atom stereocenters. The van der Waals surface area contributed by atoms with Crippen molar-refractivity contribution in [3.05, 3.63) is 23.6 Å². The molecule has 0 heterocycles. The summed E-state index contributed by atoms with van der Waals surface area (Å²) in [6.45, 7) is 3.73. The molecule has 1 amide bonds. The van der Waals surface area contributed by atoms with Crippen molar-refractivity contribution >= 4 is 5.91 Å². The molecule has 0 spiro atoms. The number of primary amides is 1. The maximum atomic E-state index is 13.2. The minimum Gasteiger partial charge on any atom is -0.366 e. The molecule has 2 atom stereocenters. The van der Waals surface area contributed by atoms with Crippen LogP contribution in [-0.2, 0) is 4.79 Å². The van der Waals surface area contributed by atoms with E-state index in [9.17, 15) is 9.18 Å². The van der Waals surface area contributed by atoms with E-state index in [-0.39, 0.29) is 17.7 Å². The smallest absolute Gasteiger partial charge is 0.244 e. The van der Waals surface area contributed by atoms with E-state index < -0.39 is 5.91 Å². The highest BCUT2D eigenvalue weighted by Crippen LogP contribution is 2.33. The molecule has 0 saturated carbocycles. The first kappa shape index (κ1) is 9.96. The quantitative estimate of drug-likeness (QED) is 0.698. The van der Waals surface area contributed by atoms with Gasteiger partial charge in [-0.2, -0.15) is 0 Å². The zero-order valence-electron chi connectivity index (χ0n) is 7.88. The lowest BCUT2D eigenvalue weighted by Gasteiger charge is -2.25. The number of carbonyl (C=O) groups is 1. The summed E-state index contributed by atoms with van der Waals surface area (Å²) in [5.41, 5.74) is 5.68. The highest BCUT2D eigenvalue weighted by Gasteiger charge is 2.28. The molecule has 0 fully saturated rings. The van der Waals surface area contributed by atoms with Gasteiger partial charge in [0, 0.05) is 11.5 Å². The second-order valence-electron chi connectivity index (χ2n) is 3.34. The lowest BCUT2D eigenvalue weighted by molar-refractivity contribution is -0.115. The summed E-state index contributed by atoms with van der Waals surface area (Å²) in [4.78, 5) is 10.9. The Balaban J connectivity index is 2.96. The van der Waals surface area contributed by atoms with Crippen LogP contribution < -0.4 is 5.73 Å².